The van der Waals surface area contributed by atoms with E-state index in [1.807, 2.05) is 6.07 Å². The van der Waals surface area contributed by atoms with Crippen molar-refractivity contribution in [3.05, 3.63) is 64.7 Å². The third-order valence-corrected chi connectivity index (χ3v) is 7.35. The standard InChI is InChI=1S/C25H23ClN2O4/c26-17-8-9-19(18(13-17)23(30)14-4-2-1-3-5-14)27-20(29)10-11-28-24(31)21-15-6-7-16(12-15)22(21)25(28)32/h1-5,8-9,13,15-16,21-22H,6-7,10-12H2,(H,27,29)/t15-,16-,21-,22+/m0/s1. The molecule has 1 saturated heterocycles. The van der Waals surface area contributed by atoms with Gasteiger partial charge in [-0.05, 0) is 49.3 Å². The molecule has 3 fully saturated rings. The summed E-state index contributed by atoms with van der Waals surface area (Å²) in [5, 5.41) is 3.14. The lowest BCUT2D eigenvalue weighted by molar-refractivity contribution is -0.140. The fraction of sp³-hybridized carbons (Fsp3) is 0.360. The zero-order chi connectivity index (χ0) is 22.4. The number of nitrogens with one attached hydrogen (secondary N) is 1. The Hall–Kier alpha value is -2.99. The third kappa shape index (κ3) is 3.52. The van der Waals surface area contributed by atoms with Crippen LogP contribution in [0.1, 0.15) is 41.6 Å². The van der Waals surface area contributed by atoms with Crippen LogP contribution < -0.4 is 5.32 Å². The Balaban J connectivity index is 1.27. The van der Waals surface area contributed by atoms with Crippen molar-refractivity contribution in [2.75, 3.05) is 11.9 Å². The van der Waals surface area contributed by atoms with Gasteiger partial charge in [0, 0.05) is 29.1 Å². The lowest BCUT2D eigenvalue weighted by Gasteiger charge is -2.19. The van der Waals surface area contributed by atoms with E-state index in [0.29, 0.717) is 28.1 Å². The molecule has 1 aliphatic heterocycles. The summed E-state index contributed by atoms with van der Waals surface area (Å²) in [7, 11) is 0. The summed E-state index contributed by atoms with van der Waals surface area (Å²) in [4.78, 5) is 52.5. The van der Waals surface area contributed by atoms with Crippen LogP contribution in [0, 0.1) is 23.7 Å². The molecule has 0 spiro atoms. The number of rotatable bonds is 6. The smallest absolute Gasteiger partial charge is 0.233 e. The largest absolute Gasteiger partial charge is 0.325 e. The number of hydrogen-bond donors (Lipinski definition) is 1. The van der Waals surface area contributed by atoms with Gasteiger partial charge in [-0.3, -0.25) is 24.1 Å². The minimum atomic E-state index is -0.366. The van der Waals surface area contributed by atoms with E-state index in [1.54, 1.807) is 36.4 Å². The summed E-state index contributed by atoms with van der Waals surface area (Å²) in [6, 6.07) is 13.5. The van der Waals surface area contributed by atoms with Crippen LogP contribution in [0.3, 0.4) is 0 Å². The number of amides is 3. The van der Waals surface area contributed by atoms with Crippen LogP contribution in [0.2, 0.25) is 5.02 Å². The van der Waals surface area contributed by atoms with Crippen LogP contribution >= 0.6 is 11.6 Å². The van der Waals surface area contributed by atoms with Gasteiger partial charge in [-0.25, -0.2) is 0 Å². The van der Waals surface area contributed by atoms with Crippen LogP contribution in [-0.2, 0) is 14.4 Å². The minimum absolute atomic E-state index is 0.0200. The average Bonchev–Trinajstić information content (AvgIpc) is 3.48. The number of hydrogen-bond acceptors (Lipinski definition) is 4. The predicted molar refractivity (Wildman–Crippen MR) is 119 cm³/mol. The van der Waals surface area contributed by atoms with Crippen molar-refractivity contribution in [2.45, 2.75) is 25.7 Å². The van der Waals surface area contributed by atoms with Crippen LogP contribution in [0.5, 0.6) is 0 Å². The number of halogens is 1. The molecular formula is C25H23ClN2O4. The molecule has 2 bridgehead atoms. The quantitative estimate of drug-likeness (QED) is 0.534. The fourth-order valence-corrected chi connectivity index (χ4v) is 5.85. The summed E-state index contributed by atoms with van der Waals surface area (Å²) in [5.41, 5.74) is 1.12. The van der Waals surface area contributed by atoms with Crippen molar-refractivity contribution in [1.29, 1.82) is 0 Å². The van der Waals surface area contributed by atoms with E-state index in [9.17, 15) is 19.2 Å². The highest BCUT2D eigenvalue weighted by Gasteiger charge is 2.60. The number of fused-ring (bicyclic) bond motifs is 5. The van der Waals surface area contributed by atoms with Gasteiger partial charge in [0.25, 0.3) is 0 Å². The number of nitrogens with zero attached hydrogens (tertiary/aromatic N) is 1. The molecule has 164 valence electrons. The molecule has 7 heteroatoms. The maximum absolute atomic E-state index is 12.9. The fourth-order valence-electron chi connectivity index (χ4n) is 5.68. The van der Waals surface area contributed by atoms with Crippen LogP contribution in [-0.4, -0.2) is 34.9 Å². The Morgan fingerprint density at radius 3 is 2.28 bits per heavy atom. The van der Waals surface area contributed by atoms with Gasteiger partial charge in [-0.2, -0.15) is 0 Å². The maximum Gasteiger partial charge on any atom is 0.233 e. The normalized spacial score (nSPS) is 25.8. The third-order valence-electron chi connectivity index (χ3n) is 7.12. The Kier molecular flexibility index (Phi) is 5.33. The second kappa shape index (κ2) is 8.17. The maximum atomic E-state index is 12.9. The first-order valence-electron chi connectivity index (χ1n) is 11.0. The van der Waals surface area contributed by atoms with Gasteiger partial charge in [0.15, 0.2) is 5.78 Å². The summed E-state index contributed by atoms with van der Waals surface area (Å²) in [5.74, 6) is -0.585. The molecule has 4 atom stereocenters. The van der Waals surface area contributed by atoms with Crippen molar-refractivity contribution in [3.8, 4) is 0 Å². The van der Waals surface area contributed by atoms with Crippen molar-refractivity contribution in [3.63, 3.8) is 0 Å². The molecule has 2 aromatic rings. The van der Waals surface area contributed by atoms with Crippen molar-refractivity contribution in [1.82, 2.24) is 4.90 Å². The van der Waals surface area contributed by atoms with Gasteiger partial charge in [-0.1, -0.05) is 41.9 Å². The predicted octanol–water partition coefficient (Wildman–Crippen LogP) is 3.93. The summed E-state index contributed by atoms with van der Waals surface area (Å²) >= 11 is 6.09. The van der Waals surface area contributed by atoms with E-state index in [2.05, 4.69) is 5.32 Å². The first kappa shape index (κ1) is 20.9. The molecular weight excluding hydrogens is 428 g/mol. The van der Waals surface area contributed by atoms with E-state index in [4.69, 9.17) is 11.6 Å². The topological polar surface area (TPSA) is 83.6 Å². The van der Waals surface area contributed by atoms with Crippen LogP contribution in [0.25, 0.3) is 0 Å². The first-order valence-corrected chi connectivity index (χ1v) is 11.4. The number of ketones is 1. The number of likely N-dealkylation sites (tertiary alicyclic amines) is 1. The summed E-state index contributed by atoms with van der Waals surface area (Å²) in [6.45, 7) is 0.0610. The molecule has 5 rings (SSSR count). The first-order chi connectivity index (χ1) is 15.4. The Bertz CT molecular complexity index is 1090. The molecule has 1 N–H and O–H groups in total. The van der Waals surface area contributed by atoms with Crippen LogP contribution in [0.4, 0.5) is 5.69 Å². The summed E-state index contributed by atoms with van der Waals surface area (Å²) < 4.78 is 0. The number of carbonyl (C=O) groups excluding carboxylic acids is 4. The van der Waals surface area contributed by atoms with E-state index in [1.165, 1.54) is 11.0 Å². The lowest BCUT2D eigenvalue weighted by Crippen LogP contribution is -2.35. The molecule has 2 aliphatic carbocycles. The number of benzene rings is 2. The van der Waals surface area contributed by atoms with E-state index >= 15 is 0 Å². The second-order valence-corrected chi connectivity index (χ2v) is 9.33. The van der Waals surface area contributed by atoms with E-state index < -0.39 is 0 Å². The van der Waals surface area contributed by atoms with Gasteiger partial charge >= 0.3 is 0 Å². The lowest BCUT2D eigenvalue weighted by atomic mass is 9.81. The molecule has 0 radical (unpaired) electrons. The minimum Gasteiger partial charge on any atom is -0.325 e. The molecule has 6 nitrogen and oxygen atoms in total. The number of carbonyl (C=O) groups is 4. The Morgan fingerprint density at radius 2 is 1.62 bits per heavy atom. The van der Waals surface area contributed by atoms with Gasteiger partial charge in [-0.15, -0.1) is 0 Å². The van der Waals surface area contributed by atoms with Gasteiger partial charge in [0.1, 0.15) is 0 Å². The molecule has 3 aliphatic rings. The van der Waals surface area contributed by atoms with Gasteiger partial charge < -0.3 is 5.32 Å². The van der Waals surface area contributed by atoms with Gasteiger partial charge in [0.2, 0.25) is 17.7 Å². The molecule has 3 amide bonds. The molecule has 1 heterocycles. The van der Waals surface area contributed by atoms with Crippen molar-refractivity contribution >= 4 is 40.8 Å². The molecule has 2 saturated carbocycles. The zero-order valence-electron chi connectivity index (χ0n) is 17.4. The second-order valence-electron chi connectivity index (χ2n) is 8.90. The molecule has 0 unspecified atom stereocenters. The molecule has 0 aromatic heterocycles. The molecule has 32 heavy (non-hydrogen) atoms. The number of imide groups is 1. The van der Waals surface area contributed by atoms with Gasteiger partial charge in [0.05, 0.1) is 17.5 Å². The van der Waals surface area contributed by atoms with E-state index in [0.717, 1.165) is 19.3 Å². The Labute approximate surface area is 190 Å². The highest BCUT2D eigenvalue weighted by atomic mass is 35.5. The molecule has 2 aromatic carbocycles. The monoisotopic (exact) mass is 450 g/mol. The Morgan fingerprint density at radius 1 is 0.969 bits per heavy atom. The summed E-state index contributed by atoms with van der Waals surface area (Å²) in [6.07, 6.45) is 3.01. The SMILES string of the molecule is O=C(CCN1C(=O)[C@@H]2[C@H]3CC[C@@H](C3)[C@@H]2C1=O)Nc1ccc(Cl)cc1C(=O)c1ccccc1. The number of anilines is 1. The van der Waals surface area contributed by atoms with Crippen LogP contribution in [0.15, 0.2) is 48.5 Å². The van der Waals surface area contributed by atoms with Crippen molar-refractivity contribution in [2.24, 2.45) is 23.7 Å². The average molecular weight is 451 g/mol. The van der Waals surface area contributed by atoms with Crippen molar-refractivity contribution < 1.29 is 19.2 Å². The van der Waals surface area contributed by atoms with E-state index in [-0.39, 0.29) is 53.9 Å². The highest BCUT2D eigenvalue weighted by Crippen LogP contribution is 2.56. The zero-order valence-corrected chi connectivity index (χ0v) is 18.2. The highest BCUT2D eigenvalue weighted by molar-refractivity contribution is 6.31.